The lowest BCUT2D eigenvalue weighted by Crippen LogP contribution is -2.31. The van der Waals surface area contributed by atoms with E-state index in [0.29, 0.717) is 0 Å². The predicted octanol–water partition coefficient (Wildman–Crippen LogP) is 3.17. The summed E-state index contributed by atoms with van der Waals surface area (Å²) in [6, 6.07) is 9.27. The largest absolute Gasteiger partial charge is 0.477 e. The Morgan fingerprint density at radius 1 is 1.36 bits per heavy atom. The number of ether oxygens (including phenoxy) is 1. The number of amides is 1. The molecule has 0 saturated carbocycles. The summed E-state index contributed by atoms with van der Waals surface area (Å²) in [5.41, 5.74) is 0.861. The van der Waals surface area contributed by atoms with E-state index in [9.17, 15) is 9.59 Å². The third kappa shape index (κ3) is 3.92. The van der Waals surface area contributed by atoms with Crippen LogP contribution in [0.2, 0.25) is 0 Å². The summed E-state index contributed by atoms with van der Waals surface area (Å²) in [7, 11) is 0. The van der Waals surface area contributed by atoms with Gasteiger partial charge in [-0.25, -0.2) is 19.5 Å². The minimum atomic E-state index is -1.08. The number of carboxylic acid groups (broad SMARTS) is 1. The Bertz CT molecular complexity index is 669. The summed E-state index contributed by atoms with van der Waals surface area (Å²) in [5, 5.41) is 9.18. The van der Waals surface area contributed by atoms with Crippen molar-refractivity contribution in [2.24, 2.45) is 0 Å². The molecule has 0 fully saturated rings. The van der Waals surface area contributed by atoms with Crippen molar-refractivity contribution in [3.05, 3.63) is 59.6 Å². The molecule has 0 atom stereocenters. The minimum absolute atomic E-state index is 0.0555. The summed E-state index contributed by atoms with van der Waals surface area (Å²) in [4.78, 5) is 28.3. The van der Waals surface area contributed by atoms with Gasteiger partial charge in [0.15, 0.2) is 5.13 Å². The van der Waals surface area contributed by atoms with Gasteiger partial charge in [-0.05, 0) is 5.56 Å². The zero-order chi connectivity index (χ0) is 15.9. The highest BCUT2D eigenvalue weighted by Crippen LogP contribution is 2.23. The second-order valence-electron chi connectivity index (χ2n) is 4.25. The van der Waals surface area contributed by atoms with E-state index in [1.54, 1.807) is 0 Å². The lowest BCUT2D eigenvalue weighted by molar-refractivity contribution is 0.0702. The van der Waals surface area contributed by atoms with Gasteiger partial charge in [0.25, 0.3) is 0 Å². The number of carbonyl (C=O) groups is 2. The second-order valence-corrected chi connectivity index (χ2v) is 5.26. The SMILES string of the molecule is C=CCN(C(=O)OCc1ccccc1)c1ncc(C(=O)O)s1. The Kier molecular flexibility index (Phi) is 5.26. The molecular weight excluding hydrogens is 304 g/mol. The highest BCUT2D eigenvalue weighted by molar-refractivity contribution is 7.17. The first-order valence-electron chi connectivity index (χ1n) is 6.40. The van der Waals surface area contributed by atoms with Crippen molar-refractivity contribution in [3.8, 4) is 0 Å². The lowest BCUT2D eigenvalue weighted by Gasteiger charge is -2.17. The highest BCUT2D eigenvalue weighted by atomic mass is 32.1. The van der Waals surface area contributed by atoms with E-state index in [2.05, 4.69) is 11.6 Å². The Morgan fingerprint density at radius 3 is 2.68 bits per heavy atom. The molecule has 22 heavy (non-hydrogen) atoms. The van der Waals surface area contributed by atoms with Crippen molar-refractivity contribution in [2.45, 2.75) is 6.61 Å². The molecule has 0 aliphatic carbocycles. The van der Waals surface area contributed by atoms with E-state index in [1.165, 1.54) is 17.2 Å². The van der Waals surface area contributed by atoms with Crippen LogP contribution in [0.3, 0.4) is 0 Å². The molecule has 0 spiro atoms. The summed E-state index contributed by atoms with van der Waals surface area (Å²) < 4.78 is 5.23. The Morgan fingerprint density at radius 2 is 2.09 bits per heavy atom. The van der Waals surface area contributed by atoms with E-state index in [4.69, 9.17) is 9.84 Å². The fourth-order valence-electron chi connectivity index (χ4n) is 1.65. The summed E-state index contributed by atoms with van der Waals surface area (Å²) in [5.74, 6) is -1.08. The van der Waals surface area contributed by atoms with Gasteiger partial charge >= 0.3 is 12.1 Å². The summed E-state index contributed by atoms with van der Waals surface area (Å²) in [6.07, 6.45) is 2.13. The standard InChI is InChI=1S/C15H14N2O4S/c1-2-8-17(14-16-9-12(22-14)13(18)19)15(20)21-10-11-6-4-3-5-7-11/h2-7,9H,1,8,10H2,(H,18,19). The van der Waals surface area contributed by atoms with Crippen LogP contribution in [-0.2, 0) is 11.3 Å². The van der Waals surface area contributed by atoms with Crippen LogP contribution in [0.5, 0.6) is 0 Å². The van der Waals surface area contributed by atoms with Gasteiger partial charge in [-0.3, -0.25) is 0 Å². The number of carbonyl (C=O) groups excluding carboxylic acids is 1. The first-order valence-corrected chi connectivity index (χ1v) is 7.21. The van der Waals surface area contributed by atoms with E-state index >= 15 is 0 Å². The van der Waals surface area contributed by atoms with Crippen molar-refractivity contribution in [3.63, 3.8) is 0 Å². The summed E-state index contributed by atoms with van der Waals surface area (Å²) >= 11 is 0.906. The average molecular weight is 318 g/mol. The molecule has 0 bridgehead atoms. The number of aromatic carboxylic acids is 1. The smallest absolute Gasteiger partial charge is 0.416 e. The molecule has 1 aromatic carbocycles. The van der Waals surface area contributed by atoms with Crippen molar-refractivity contribution in [1.29, 1.82) is 0 Å². The first-order chi connectivity index (χ1) is 10.6. The van der Waals surface area contributed by atoms with E-state index in [1.807, 2.05) is 30.3 Å². The van der Waals surface area contributed by atoms with Crippen LogP contribution in [0.4, 0.5) is 9.93 Å². The topological polar surface area (TPSA) is 79.7 Å². The average Bonchev–Trinajstić information content (AvgIpc) is 3.01. The molecule has 1 N–H and O–H groups in total. The normalized spacial score (nSPS) is 10.0. The lowest BCUT2D eigenvalue weighted by atomic mass is 10.2. The second kappa shape index (κ2) is 7.37. The maximum absolute atomic E-state index is 12.2. The number of nitrogens with zero attached hydrogens (tertiary/aromatic N) is 2. The van der Waals surface area contributed by atoms with Crippen LogP contribution in [0.15, 0.2) is 49.2 Å². The van der Waals surface area contributed by atoms with Gasteiger partial charge in [0.05, 0.1) is 6.20 Å². The van der Waals surface area contributed by atoms with Crippen molar-refractivity contribution in [2.75, 3.05) is 11.4 Å². The van der Waals surface area contributed by atoms with Crippen LogP contribution < -0.4 is 4.90 Å². The fraction of sp³-hybridized carbons (Fsp3) is 0.133. The quantitative estimate of drug-likeness (QED) is 0.828. The van der Waals surface area contributed by atoms with Crippen LogP contribution >= 0.6 is 11.3 Å². The number of aromatic nitrogens is 1. The van der Waals surface area contributed by atoms with Crippen LogP contribution in [0.25, 0.3) is 0 Å². The van der Waals surface area contributed by atoms with Gasteiger partial charge in [0.1, 0.15) is 11.5 Å². The number of benzene rings is 1. The molecule has 0 unspecified atom stereocenters. The molecule has 0 aliphatic rings. The highest BCUT2D eigenvalue weighted by Gasteiger charge is 2.21. The van der Waals surface area contributed by atoms with Crippen LogP contribution in [-0.4, -0.2) is 28.7 Å². The third-order valence-corrected chi connectivity index (χ3v) is 3.68. The minimum Gasteiger partial charge on any atom is -0.477 e. The first kappa shape index (κ1) is 15.7. The molecule has 0 aliphatic heterocycles. The Hall–Kier alpha value is -2.67. The summed E-state index contributed by atoms with van der Waals surface area (Å²) in [6.45, 7) is 3.89. The number of thiazole rings is 1. The van der Waals surface area contributed by atoms with E-state index < -0.39 is 12.1 Å². The molecule has 6 nitrogen and oxygen atoms in total. The Balaban J connectivity index is 2.07. The van der Waals surface area contributed by atoms with Crippen molar-refractivity contribution >= 4 is 28.5 Å². The van der Waals surface area contributed by atoms with Gasteiger partial charge in [-0.1, -0.05) is 47.7 Å². The van der Waals surface area contributed by atoms with Crippen molar-refractivity contribution < 1.29 is 19.4 Å². The maximum atomic E-state index is 12.2. The maximum Gasteiger partial charge on any atom is 0.416 e. The van der Waals surface area contributed by atoms with Crippen LogP contribution in [0.1, 0.15) is 15.2 Å². The van der Waals surface area contributed by atoms with Gasteiger partial charge in [0, 0.05) is 6.54 Å². The number of anilines is 1. The number of hydrogen-bond donors (Lipinski definition) is 1. The zero-order valence-electron chi connectivity index (χ0n) is 11.6. The van der Waals surface area contributed by atoms with Crippen molar-refractivity contribution in [1.82, 2.24) is 4.98 Å². The molecule has 0 saturated heterocycles. The monoisotopic (exact) mass is 318 g/mol. The molecule has 1 heterocycles. The van der Waals surface area contributed by atoms with Gasteiger partial charge in [-0.15, -0.1) is 6.58 Å². The van der Waals surface area contributed by atoms with Gasteiger partial charge in [0.2, 0.25) is 0 Å². The van der Waals surface area contributed by atoms with Gasteiger partial charge < -0.3 is 9.84 Å². The predicted molar refractivity (Wildman–Crippen MR) is 83.2 cm³/mol. The zero-order valence-corrected chi connectivity index (χ0v) is 12.5. The molecule has 2 aromatic rings. The molecule has 7 heteroatoms. The number of carboxylic acids is 1. The third-order valence-electron chi connectivity index (χ3n) is 2.67. The number of rotatable bonds is 6. The molecule has 114 valence electrons. The fourth-order valence-corrected chi connectivity index (χ4v) is 2.40. The Labute approximate surface area is 131 Å². The molecule has 1 amide bonds. The van der Waals surface area contributed by atoms with Crippen LogP contribution in [0, 0.1) is 0 Å². The number of hydrogen-bond acceptors (Lipinski definition) is 5. The molecule has 1 aromatic heterocycles. The van der Waals surface area contributed by atoms with Gasteiger partial charge in [-0.2, -0.15) is 0 Å². The molecule has 0 radical (unpaired) electrons. The van der Waals surface area contributed by atoms with E-state index in [-0.39, 0.29) is 23.2 Å². The molecular formula is C15H14N2O4S. The molecule has 2 rings (SSSR count). The van der Waals surface area contributed by atoms with E-state index in [0.717, 1.165) is 16.9 Å².